The highest BCUT2D eigenvalue weighted by molar-refractivity contribution is 5.68. The van der Waals surface area contributed by atoms with E-state index in [1.54, 1.807) is 23.0 Å². The quantitative estimate of drug-likeness (QED) is 0.814. The predicted octanol–water partition coefficient (Wildman–Crippen LogP) is 4.76. The van der Waals surface area contributed by atoms with Crippen LogP contribution in [0.2, 0.25) is 0 Å². The van der Waals surface area contributed by atoms with Gasteiger partial charge in [0.15, 0.2) is 5.65 Å². The molecule has 0 saturated heterocycles. The van der Waals surface area contributed by atoms with E-state index in [1.807, 2.05) is 26.8 Å². The summed E-state index contributed by atoms with van der Waals surface area (Å²) in [5.74, 6) is -2.89. The zero-order chi connectivity index (χ0) is 20.5. The Bertz CT molecular complexity index is 863. The van der Waals surface area contributed by atoms with Gasteiger partial charge in [-0.05, 0) is 45.2 Å². The lowest BCUT2D eigenvalue weighted by Crippen LogP contribution is -2.42. The summed E-state index contributed by atoms with van der Waals surface area (Å²) in [7, 11) is 0. The molecule has 1 fully saturated rings. The Labute approximate surface area is 163 Å². The van der Waals surface area contributed by atoms with Crippen LogP contribution in [0.1, 0.15) is 63.8 Å². The molecule has 0 unspecified atom stereocenters. The van der Waals surface area contributed by atoms with Crippen LogP contribution in [0.4, 0.5) is 13.6 Å². The van der Waals surface area contributed by atoms with Gasteiger partial charge in [-0.2, -0.15) is 5.10 Å². The third kappa shape index (κ3) is 4.85. The standard InChI is InChI=1S/C20H26F2N4O2/c1-5-13-10-16-24-15(12-26(16)23-11-13)17(28-18(27)25-19(2,3)4)14-6-8-20(21,22)9-7-14/h5,10-12,14,17H,1,6-9H2,2-4H3,(H,25,27)/t17-/m0/s1. The van der Waals surface area contributed by atoms with Gasteiger partial charge in [0.2, 0.25) is 5.92 Å². The van der Waals surface area contributed by atoms with Crippen LogP contribution >= 0.6 is 0 Å². The number of carbonyl (C=O) groups excluding carboxylic acids is 1. The number of halogens is 2. The molecule has 8 heteroatoms. The number of alkyl halides is 2. The van der Waals surface area contributed by atoms with Crippen molar-refractivity contribution in [1.82, 2.24) is 19.9 Å². The van der Waals surface area contributed by atoms with E-state index in [-0.39, 0.29) is 31.6 Å². The number of hydrogen-bond acceptors (Lipinski definition) is 4. The summed E-state index contributed by atoms with van der Waals surface area (Å²) < 4.78 is 34.5. The van der Waals surface area contributed by atoms with E-state index < -0.39 is 23.7 Å². The SMILES string of the molecule is C=Cc1cnn2cc([C@@H](OC(=O)NC(C)(C)C)C3CCC(F)(F)CC3)nc2c1. The molecule has 1 aliphatic rings. The molecule has 1 aliphatic carbocycles. The molecular formula is C20H26F2N4O2. The number of ether oxygens (including phenoxy) is 1. The molecule has 2 aromatic rings. The van der Waals surface area contributed by atoms with Gasteiger partial charge < -0.3 is 10.1 Å². The second kappa shape index (κ2) is 7.48. The van der Waals surface area contributed by atoms with Crippen molar-refractivity contribution in [1.29, 1.82) is 0 Å². The first-order valence-electron chi connectivity index (χ1n) is 9.41. The normalized spacial score (nSPS) is 18.6. The van der Waals surface area contributed by atoms with E-state index in [1.165, 1.54) is 0 Å². The number of nitrogens with zero attached hydrogens (tertiary/aromatic N) is 3. The number of aromatic nitrogens is 3. The fourth-order valence-corrected chi connectivity index (χ4v) is 3.37. The number of amides is 1. The third-order valence-corrected chi connectivity index (χ3v) is 4.79. The van der Waals surface area contributed by atoms with E-state index in [0.717, 1.165) is 5.56 Å². The lowest BCUT2D eigenvalue weighted by atomic mass is 9.82. The minimum Gasteiger partial charge on any atom is -0.439 e. The van der Waals surface area contributed by atoms with E-state index >= 15 is 0 Å². The van der Waals surface area contributed by atoms with Gasteiger partial charge in [-0.25, -0.2) is 23.1 Å². The highest BCUT2D eigenvalue weighted by atomic mass is 19.3. The van der Waals surface area contributed by atoms with Gasteiger partial charge in [0.05, 0.1) is 12.4 Å². The summed E-state index contributed by atoms with van der Waals surface area (Å²) in [5, 5.41) is 7.02. The summed E-state index contributed by atoms with van der Waals surface area (Å²) in [6.07, 6.45) is 3.78. The zero-order valence-electron chi connectivity index (χ0n) is 16.4. The molecule has 2 heterocycles. The van der Waals surface area contributed by atoms with Gasteiger partial charge in [-0.1, -0.05) is 12.7 Å². The van der Waals surface area contributed by atoms with Crippen molar-refractivity contribution in [3.05, 3.63) is 36.3 Å². The van der Waals surface area contributed by atoms with Crippen molar-refractivity contribution in [2.45, 2.75) is 64.0 Å². The molecule has 0 bridgehead atoms. The fraction of sp³-hybridized carbons (Fsp3) is 0.550. The van der Waals surface area contributed by atoms with E-state index in [4.69, 9.17) is 4.74 Å². The monoisotopic (exact) mass is 392 g/mol. The lowest BCUT2D eigenvalue weighted by Gasteiger charge is -2.33. The second-order valence-electron chi connectivity index (χ2n) is 8.36. The smallest absolute Gasteiger partial charge is 0.408 e. The van der Waals surface area contributed by atoms with Crippen molar-refractivity contribution in [2.75, 3.05) is 0 Å². The first kappa shape index (κ1) is 20.2. The van der Waals surface area contributed by atoms with Crippen LogP contribution in [-0.4, -0.2) is 32.2 Å². The topological polar surface area (TPSA) is 68.5 Å². The Kier molecular flexibility index (Phi) is 5.41. The van der Waals surface area contributed by atoms with Gasteiger partial charge in [-0.15, -0.1) is 0 Å². The Balaban J connectivity index is 1.89. The highest BCUT2D eigenvalue weighted by Crippen LogP contribution is 2.42. The molecule has 0 aliphatic heterocycles. The summed E-state index contributed by atoms with van der Waals surface area (Å²) in [6, 6.07) is 1.81. The van der Waals surface area contributed by atoms with Crippen LogP contribution < -0.4 is 5.32 Å². The fourth-order valence-electron chi connectivity index (χ4n) is 3.37. The zero-order valence-corrected chi connectivity index (χ0v) is 16.4. The number of alkyl carbamates (subject to hydrolysis) is 1. The first-order chi connectivity index (χ1) is 13.1. The van der Waals surface area contributed by atoms with Gasteiger partial charge in [-0.3, -0.25) is 0 Å². The maximum absolute atomic E-state index is 13.6. The Morgan fingerprint density at radius 3 is 2.71 bits per heavy atom. The molecule has 0 radical (unpaired) electrons. The average Bonchev–Trinajstić information content (AvgIpc) is 3.01. The summed E-state index contributed by atoms with van der Waals surface area (Å²) in [5.41, 5.74) is 1.43. The van der Waals surface area contributed by atoms with E-state index in [2.05, 4.69) is 22.0 Å². The van der Waals surface area contributed by atoms with Crippen LogP contribution in [0, 0.1) is 5.92 Å². The van der Waals surface area contributed by atoms with Crippen LogP contribution in [0.25, 0.3) is 11.7 Å². The number of imidazole rings is 1. The first-order valence-corrected chi connectivity index (χ1v) is 9.41. The lowest BCUT2D eigenvalue weighted by molar-refractivity contribution is -0.0650. The number of nitrogens with one attached hydrogen (secondary N) is 1. The largest absolute Gasteiger partial charge is 0.439 e. The summed E-state index contributed by atoms with van der Waals surface area (Å²) >= 11 is 0. The number of carbonyl (C=O) groups is 1. The molecule has 2 aromatic heterocycles. The molecule has 0 spiro atoms. The molecule has 6 nitrogen and oxygen atoms in total. The van der Waals surface area contributed by atoms with Gasteiger partial charge in [0, 0.05) is 24.3 Å². The Hall–Kier alpha value is -2.51. The Morgan fingerprint density at radius 2 is 2.11 bits per heavy atom. The molecule has 1 saturated carbocycles. The minimum atomic E-state index is -2.66. The molecule has 3 rings (SSSR count). The molecule has 1 atom stereocenters. The molecule has 0 aromatic carbocycles. The van der Waals surface area contributed by atoms with Crippen molar-refractivity contribution in [3.63, 3.8) is 0 Å². The maximum Gasteiger partial charge on any atom is 0.408 e. The van der Waals surface area contributed by atoms with Gasteiger partial charge in [0.25, 0.3) is 0 Å². The van der Waals surface area contributed by atoms with E-state index in [9.17, 15) is 13.6 Å². The average molecular weight is 392 g/mol. The molecule has 152 valence electrons. The van der Waals surface area contributed by atoms with Crippen LogP contribution in [0.3, 0.4) is 0 Å². The van der Waals surface area contributed by atoms with Crippen LogP contribution in [-0.2, 0) is 4.74 Å². The van der Waals surface area contributed by atoms with Crippen molar-refractivity contribution in [2.24, 2.45) is 5.92 Å². The molecule has 28 heavy (non-hydrogen) atoms. The summed E-state index contributed by atoms with van der Waals surface area (Å²) in [6.45, 7) is 9.24. The molecule has 1 amide bonds. The van der Waals surface area contributed by atoms with Gasteiger partial charge in [0.1, 0.15) is 11.8 Å². The van der Waals surface area contributed by atoms with Crippen molar-refractivity contribution < 1.29 is 18.3 Å². The highest BCUT2D eigenvalue weighted by Gasteiger charge is 2.40. The van der Waals surface area contributed by atoms with Crippen molar-refractivity contribution in [3.8, 4) is 0 Å². The predicted molar refractivity (Wildman–Crippen MR) is 102 cm³/mol. The van der Waals surface area contributed by atoms with Crippen molar-refractivity contribution >= 4 is 17.8 Å². The summed E-state index contributed by atoms with van der Waals surface area (Å²) in [4.78, 5) is 16.9. The number of rotatable bonds is 4. The Morgan fingerprint density at radius 1 is 1.43 bits per heavy atom. The number of fused-ring (bicyclic) bond motifs is 1. The van der Waals surface area contributed by atoms with E-state index in [0.29, 0.717) is 11.3 Å². The molecule has 1 N–H and O–H groups in total. The minimum absolute atomic E-state index is 0.218. The number of hydrogen-bond donors (Lipinski definition) is 1. The maximum atomic E-state index is 13.6. The third-order valence-electron chi connectivity index (χ3n) is 4.79. The van der Waals surface area contributed by atoms with Crippen LogP contribution in [0.5, 0.6) is 0 Å². The second-order valence-corrected chi connectivity index (χ2v) is 8.36. The van der Waals surface area contributed by atoms with Gasteiger partial charge >= 0.3 is 6.09 Å². The van der Waals surface area contributed by atoms with Crippen LogP contribution in [0.15, 0.2) is 25.0 Å². The molecular weight excluding hydrogens is 366 g/mol.